The Kier molecular flexibility index (Phi) is 7.19. The van der Waals surface area contributed by atoms with Crippen LogP contribution in [0.3, 0.4) is 0 Å². The summed E-state index contributed by atoms with van der Waals surface area (Å²) in [7, 11) is 0. The first-order valence-corrected chi connectivity index (χ1v) is 10.9. The number of nitrogens with zero attached hydrogens (tertiary/aromatic N) is 1. The Hall–Kier alpha value is -4.34. The maximum Gasteiger partial charge on any atom is 0.416 e. The molecule has 1 aromatic heterocycles. The molecule has 1 heterocycles. The number of carbonyl (C=O) groups excluding carboxylic acids is 1. The maximum atomic E-state index is 13.8. The van der Waals surface area contributed by atoms with Crippen molar-refractivity contribution in [3.63, 3.8) is 0 Å². The topological polar surface area (TPSA) is 54.0 Å². The van der Waals surface area contributed by atoms with Crippen LogP contribution in [0.5, 0.6) is 0 Å². The molecular formula is C27H19F6N3O. The molecule has 1 unspecified atom stereocenters. The van der Waals surface area contributed by atoms with Crippen LogP contribution < -0.4 is 10.6 Å². The second-order valence-electron chi connectivity index (χ2n) is 8.22. The molecule has 37 heavy (non-hydrogen) atoms. The lowest BCUT2D eigenvalue weighted by Gasteiger charge is -2.35. The van der Waals surface area contributed by atoms with Gasteiger partial charge in [0.25, 0.3) is 0 Å². The van der Waals surface area contributed by atoms with Crippen molar-refractivity contribution in [2.75, 3.05) is 5.32 Å². The SMILES string of the molecule is O=C(Nc1ccc(F)c(F)c1)NC(Cc1ccccc1)(c1cccc(C(F)(F)F)c1)c1ccc(F)cn1. The lowest BCUT2D eigenvalue weighted by Crippen LogP contribution is -2.50. The molecule has 0 aliphatic heterocycles. The first-order chi connectivity index (χ1) is 17.6. The molecule has 0 radical (unpaired) electrons. The Labute approximate surface area is 208 Å². The molecule has 4 nitrogen and oxygen atoms in total. The van der Waals surface area contributed by atoms with E-state index < -0.39 is 40.8 Å². The minimum Gasteiger partial charge on any atom is -0.322 e. The Balaban J connectivity index is 1.86. The molecule has 2 N–H and O–H groups in total. The fraction of sp³-hybridized carbons (Fsp3) is 0.111. The standard InChI is InChI=1S/C27H19F6N3O/c28-20-9-12-24(34-16-20)26(15-17-5-2-1-3-6-17,18-7-4-8-19(13-18)27(31,32)33)36-25(37)35-21-10-11-22(29)23(30)14-21/h1-14,16H,15H2,(H2,35,36,37). The monoisotopic (exact) mass is 515 g/mol. The highest BCUT2D eigenvalue weighted by Crippen LogP contribution is 2.37. The molecule has 0 saturated carbocycles. The second-order valence-corrected chi connectivity index (χ2v) is 8.22. The zero-order valence-corrected chi connectivity index (χ0v) is 19.0. The number of amides is 2. The van der Waals surface area contributed by atoms with E-state index in [0.717, 1.165) is 42.6 Å². The van der Waals surface area contributed by atoms with Gasteiger partial charge in [0.05, 0.1) is 17.5 Å². The normalized spacial score (nSPS) is 13.0. The number of benzene rings is 3. The summed E-state index contributed by atoms with van der Waals surface area (Å²) in [6.07, 6.45) is -3.87. The third kappa shape index (κ3) is 5.91. The van der Waals surface area contributed by atoms with Gasteiger partial charge >= 0.3 is 12.2 Å². The number of hydrogen-bond acceptors (Lipinski definition) is 2. The van der Waals surface area contributed by atoms with Gasteiger partial charge in [-0.2, -0.15) is 13.2 Å². The van der Waals surface area contributed by atoms with Crippen molar-refractivity contribution < 1.29 is 31.1 Å². The zero-order chi connectivity index (χ0) is 26.6. The van der Waals surface area contributed by atoms with Gasteiger partial charge in [0, 0.05) is 18.2 Å². The van der Waals surface area contributed by atoms with E-state index in [0.29, 0.717) is 5.56 Å². The van der Waals surface area contributed by atoms with Gasteiger partial charge in [0.1, 0.15) is 11.4 Å². The van der Waals surface area contributed by atoms with Crippen molar-refractivity contribution in [1.82, 2.24) is 10.3 Å². The Morgan fingerprint density at radius 2 is 1.51 bits per heavy atom. The molecule has 4 rings (SSSR count). The molecule has 190 valence electrons. The summed E-state index contributed by atoms with van der Waals surface area (Å²) in [5.74, 6) is -3.01. The largest absolute Gasteiger partial charge is 0.416 e. The van der Waals surface area contributed by atoms with Crippen LogP contribution in [0.4, 0.5) is 36.8 Å². The second kappa shape index (κ2) is 10.3. The highest BCUT2D eigenvalue weighted by Gasteiger charge is 2.40. The molecule has 0 saturated heterocycles. The molecule has 10 heteroatoms. The van der Waals surface area contributed by atoms with Crippen molar-refractivity contribution in [3.05, 3.63) is 131 Å². The lowest BCUT2D eigenvalue weighted by atomic mass is 9.80. The molecule has 3 aromatic carbocycles. The van der Waals surface area contributed by atoms with Gasteiger partial charge in [0.15, 0.2) is 11.6 Å². The molecule has 2 amide bonds. The molecule has 4 aromatic rings. The quantitative estimate of drug-likeness (QED) is 0.277. The predicted octanol–water partition coefficient (Wildman–Crippen LogP) is 6.83. The predicted molar refractivity (Wildman–Crippen MR) is 125 cm³/mol. The van der Waals surface area contributed by atoms with Crippen LogP contribution in [0.25, 0.3) is 0 Å². The molecule has 0 fully saturated rings. The summed E-state index contributed by atoms with van der Waals surface area (Å²) in [6, 6.07) is 17.0. The van der Waals surface area contributed by atoms with Crippen molar-refractivity contribution in [3.8, 4) is 0 Å². The smallest absolute Gasteiger partial charge is 0.322 e. The highest BCUT2D eigenvalue weighted by molar-refractivity contribution is 5.90. The van der Waals surface area contributed by atoms with Crippen LogP contribution in [-0.4, -0.2) is 11.0 Å². The number of carbonyl (C=O) groups is 1. The van der Waals surface area contributed by atoms with Gasteiger partial charge in [0.2, 0.25) is 0 Å². The Bertz CT molecular complexity index is 1390. The van der Waals surface area contributed by atoms with Crippen molar-refractivity contribution in [2.45, 2.75) is 18.1 Å². The number of anilines is 1. The van der Waals surface area contributed by atoms with Crippen molar-refractivity contribution in [1.29, 1.82) is 0 Å². The van der Waals surface area contributed by atoms with E-state index in [9.17, 15) is 31.1 Å². The Morgan fingerprint density at radius 3 is 2.16 bits per heavy atom. The van der Waals surface area contributed by atoms with Crippen molar-refractivity contribution in [2.24, 2.45) is 0 Å². The molecule has 0 aliphatic rings. The van der Waals surface area contributed by atoms with Gasteiger partial charge in [-0.1, -0.05) is 42.5 Å². The third-order valence-electron chi connectivity index (χ3n) is 5.66. The van der Waals surface area contributed by atoms with Crippen LogP contribution in [0.2, 0.25) is 0 Å². The van der Waals surface area contributed by atoms with E-state index in [-0.39, 0.29) is 23.4 Å². The van der Waals surface area contributed by atoms with Crippen LogP contribution in [0.1, 0.15) is 22.4 Å². The summed E-state index contributed by atoms with van der Waals surface area (Å²) in [6.45, 7) is 0. The average Bonchev–Trinajstić information content (AvgIpc) is 2.86. The maximum absolute atomic E-state index is 13.8. The van der Waals surface area contributed by atoms with Gasteiger partial charge in [-0.25, -0.2) is 18.0 Å². The molecule has 0 aliphatic carbocycles. The summed E-state index contributed by atoms with van der Waals surface area (Å²) in [5, 5.41) is 5.04. The van der Waals surface area contributed by atoms with Crippen molar-refractivity contribution >= 4 is 11.7 Å². The fourth-order valence-electron chi connectivity index (χ4n) is 3.94. The fourth-order valence-corrected chi connectivity index (χ4v) is 3.94. The molecular weight excluding hydrogens is 496 g/mol. The Morgan fingerprint density at radius 1 is 0.784 bits per heavy atom. The van der Waals surface area contributed by atoms with Gasteiger partial charge in [-0.05, 0) is 47.5 Å². The van der Waals surface area contributed by atoms with Crippen LogP contribution in [0, 0.1) is 17.5 Å². The van der Waals surface area contributed by atoms with E-state index >= 15 is 0 Å². The van der Waals surface area contributed by atoms with Crippen LogP contribution >= 0.6 is 0 Å². The zero-order valence-electron chi connectivity index (χ0n) is 19.0. The number of alkyl halides is 3. The first-order valence-electron chi connectivity index (χ1n) is 10.9. The molecule has 1 atom stereocenters. The molecule has 0 spiro atoms. The summed E-state index contributed by atoms with van der Waals surface area (Å²) < 4.78 is 81.7. The minimum absolute atomic E-state index is 0.0192. The highest BCUT2D eigenvalue weighted by atomic mass is 19.4. The van der Waals surface area contributed by atoms with Crippen LogP contribution in [0.15, 0.2) is 91.1 Å². The number of halogens is 6. The number of hydrogen-bond donors (Lipinski definition) is 2. The van der Waals surface area contributed by atoms with Gasteiger partial charge in [-0.3, -0.25) is 4.98 Å². The summed E-state index contributed by atoms with van der Waals surface area (Å²) >= 11 is 0. The van der Waals surface area contributed by atoms with Gasteiger partial charge in [-0.15, -0.1) is 0 Å². The molecule has 0 bridgehead atoms. The van der Waals surface area contributed by atoms with E-state index in [1.807, 2.05) is 0 Å². The van der Waals surface area contributed by atoms with E-state index in [4.69, 9.17) is 0 Å². The number of aromatic nitrogens is 1. The number of pyridine rings is 1. The lowest BCUT2D eigenvalue weighted by molar-refractivity contribution is -0.137. The van der Waals surface area contributed by atoms with Crippen LogP contribution in [-0.2, 0) is 18.1 Å². The number of urea groups is 1. The number of rotatable bonds is 6. The van der Waals surface area contributed by atoms with Gasteiger partial charge < -0.3 is 10.6 Å². The minimum atomic E-state index is -4.68. The summed E-state index contributed by atoms with van der Waals surface area (Å²) in [5.41, 5.74) is -2.09. The summed E-state index contributed by atoms with van der Waals surface area (Å²) in [4.78, 5) is 17.2. The van der Waals surface area contributed by atoms with E-state index in [1.165, 1.54) is 18.2 Å². The van der Waals surface area contributed by atoms with E-state index in [1.54, 1.807) is 30.3 Å². The average molecular weight is 515 g/mol. The van der Waals surface area contributed by atoms with E-state index in [2.05, 4.69) is 15.6 Å². The number of nitrogens with one attached hydrogen (secondary N) is 2. The third-order valence-corrected chi connectivity index (χ3v) is 5.66. The first kappa shape index (κ1) is 25.7.